The fourth-order valence-electron chi connectivity index (χ4n) is 1.20. The number of anilines is 1. The number of rotatable bonds is 3. The number of aryl methyl sites for hydroxylation is 1. The Labute approximate surface area is 90.3 Å². The summed E-state index contributed by atoms with van der Waals surface area (Å²) in [6, 6.07) is 1.73. The number of carbonyl (C=O) groups is 1. The van der Waals surface area contributed by atoms with Crippen molar-refractivity contribution in [3.05, 3.63) is 17.6 Å². The molecule has 4 heteroatoms. The van der Waals surface area contributed by atoms with E-state index in [2.05, 4.69) is 9.97 Å². The molecule has 1 aromatic heterocycles. The van der Waals surface area contributed by atoms with E-state index in [1.54, 1.807) is 13.0 Å². The molecule has 15 heavy (non-hydrogen) atoms. The Morgan fingerprint density at radius 2 is 1.93 bits per heavy atom. The van der Waals surface area contributed by atoms with Gasteiger partial charge in [0.05, 0.1) is 0 Å². The molecule has 0 atom stereocenters. The molecular weight excluding hydrogens is 190 g/mol. The van der Waals surface area contributed by atoms with Gasteiger partial charge in [-0.05, 0) is 6.92 Å². The normalized spacial score (nSPS) is 10.5. The van der Waals surface area contributed by atoms with Crippen LogP contribution in [0.4, 0.5) is 5.82 Å². The summed E-state index contributed by atoms with van der Waals surface area (Å²) in [6.45, 7) is 5.54. The lowest BCUT2D eigenvalue weighted by atomic mass is 10.1. The zero-order valence-corrected chi connectivity index (χ0v) is 9.90. The first-order valence-electron chi connectivity index (χ1n) is 4.99. The lowest BCUT2D eigenvalue weighted by Crippen LogP contribution is -2.16. The van der Waals surface area contributed by atoms with E-state index in [0.29, 0.717) is 11.5 Å². The zero-order chi connectivity index (χ0) is 11.6. The van der Waals surface area contributed by atoms with E-state index >= 15 is 0 Å². The third kappa shape index (κ3) is 2.75. The van der Waals surface area contributed by atoms with Crippen molar-refractivity contribution in [2.45, 2.75) is 20.8 Å². The van der Waals surface area contributed by atoms with Crippen LogP contribution in [0.2, 0.25) is 0 Å². The van der Waals surface area contributed by atoms with Crippen LogP contribution in [0.3, 0.4) is 0 Å². The van der Waals surface area contributed by atoms with Gasteiger partial charge >= 0.3 is 0 Å². The predicted octanol–water partition coefficient (Wildman–Crippen LogP) is 1.69. The third-order valence-corrected chi connectivity index (χ3v) is 2.06. The van der Waals surface area contributed by atoms with Crippen molar-refractivity contribution in [3.8, 4) is 0 Å². The highest BCUT2D eigenvalue weighted by atomic mass is 16.1. The summed E-state index contributed by atoms with van der Waals surface area (Å²) in [6.07, 6.45) is 0. The standard InChI is InChI=1S/C11H17N3O/c1-7(2)11(15)9-6-10(14(4)5)13-8(3)12-9/h6-7H,1-5H3. The molecule has 0 aliphatic heterocycles. The molecule has 0 N–H and O–H groups in total. The van der Waals surface area contributed by atoms with Gasteiger partial charge in [-0.2, -0.15) is 0 Å². The predicted molar refractivity (Wildman–Crippen MR) is 60.3 cm³/mol. The average molecular weight is 207 g/mol. The van der Waals surface area contributed by atoms with Crippen LogP contribution < -0.4 is 4.90 Å². The van der Waals surface area contributed by atoms with Gasteiger partial charge in [0.25, 0.3) is 0 Å². The first-order valence-corrected chi connectivity index (χ1v) is 4.99. The Morgan fingerprint density at radius 3 is 2.40 bits per heavy atom. The number of carbonyl (C=O) groups excluding carboxylic acids is 1. The van der Waals surface area contributed by atoms with Gasteiger partial charge in [-0.3, -0.25) is 4.79 Å². The lowest BCUT2D eigenvalue weighted by Gasteiger charge is -2.13. The van der Waals surface area contributed by atoms with E-state index < -0.39 is 0 Å². The number of nitrogens with zero attached hydrogens (tertiary/aromatic N) is 3. The quantitative estimate of drug-likeness (QED) is 0.708. The topological polar surface area (TPSA) is 46.1 Å². The maximum atomic E-state index is 11.8. The summed E-state index contributed by atoms with van der Waals surface area (Å²) >= 11 is 0. The van der Waals surface area contributed by atoms with Crippen LogP contribution in [0.5, 0.6) is 0 Å². The molecule has 1 rings (SSSR count). The molecule has 0 amide bonds. The van der Waals surface area contributed by atoms with Crippen LogP contribution in [-0.2, 0) is 0 Å². The lowest BCUT2D eigenvalue weighted by molar-refractivity contribution is 0.0934. The molecule has 0 aliphatic carbocycles. The van der Waals surface area contributed by atoms with E-state index in [4.69, 9.17) is 0 Å². The van der Waals surface area contributed by atoms with Crippen molar-refractivity contribution in [2.75, 3.05) is 19.0 Å². The van der Waals surface area contributed by atoms with Crippen molar-refractivity contribution in [3.63, 3.8) is 0 Å². The monoisotopic (exact) mass is 207 g/mol. The average Bonchev–Trinajstić information content (AvgIpc) is 2.15. The minimum absolute atomic E-state index is 0.0330. The Balaban J connectivity index is 3.14. The first-order chi connectivity index (χ1) is 6.91. The number of hydrogen-bond donors (Lipinski definition) is 0. The van der Waals surface area contributed by atoms with Gasteiger partial charge in [0, 0.05) is 26.1 Å². The van der Waals surface area contributed by atoms with Gasteiger partial charge in [0.1, 0.15) is 17.3 Å². The maximum Gasteiger partial charge on any atom is 0.183 e. The molecule has 0 spiro atoms. The minimum Gasteiger partial charge on any atom is -0.363 e. The van der Waals surface area contributed by atoms with Gasteiger partial charge < -0.3 is 4.90 Å². The van der Waals surface area contributed by atoms with Crippen LogP contribution in [0.25, 0.3) is 0 Å². The molecular formula is C11H17N3O. The highest BCUT2D eigenvalue weighted by molar-refractivity contribution is 5.96. The van der Waals surface area contributed by atoms with Gasteiger partial charge in [-0.1, -0.05) is 13.8 Å². The van der Waals surface area contributed by atoms with Gasteiger partial charge in [-0.25, -0.2) is 9.97 Å². The molecule has 0 bridgehead atoms. The molecule has 0 radical (unpaired) electrons. The number of ketones is 1. The fourth-order valence-corrected chi connectivity index (χ4v) is 1.20. The molecule has 0 unspecified atom stereocenters. The van der Waals surface area contributed by atoms with Crippen LogP contribution in [0.1, 0.15) is 30.2 Å². The van der Waals surface area contributed by atoms with Crippen molar-refractivity contribution in [2.24, 2.45) is 5.92 Å². The molecule has 0 saturated carbocycles. The zero-order valence-electron chi connectivity index (χ0n) is 9.90. The number of aromatic nitrogens is 2. The van der Waals surface area contributed by atoms with Gasteiger partial charge in [-0.15, -0.1) is 0 Å². The Morgan fingerprint density at radius 1 is 1.33 bits per heavy atom. The molecule has 1 heterocycles. The van der Waals surface area contributed by atoms with E-state index in [0.717, 1.165) is 5.82 Å². The van der Waals surface area contributed by atoms with E-state index in [1.807, 2.05) is 32.8 Å². The largest absolute Gasteiger partial charge is 0.363 e. The highest BCUT2D eigenvalue weighted by Crippen LogP contribution is 2.12. The first kappa shape index (κ1) is 11.6. The third-order valence-electron chi connectivity index (χ3n) is 2.06. The summed E-state index contributed by atoms with van der Waals surface area (Å²) < 4.78 is 0. The smallest absolute Gasteiger partial charge is 0.183 e. The highest BCUT2D eigenvalue weighted by Gasteiger charge is 2.14. The SMILES string of the molecule is Cc1nc(C(=O)C(C)C)cc(N(C)C)n1. The maximum absolute atomic E-state index is 11.8. The second-order valence-electron chi connectivity index (χ2n) is 4.07. The van der Waals surface area contributed by atoms with Crippen molar-refractivity contribution < 1.29 is 4.79 Å². The molecule has 0 saturated heterocycles. The molecule has 4 nitrogen and oxygen atoms in total. The summed E-state index contributed by atoms with van der Waals surface area (Å²) in [7, 11) is 3.79. The van der Waals surface area contributed by atoms with Gasteiger partial charge in [0.15, 0.2) is 5.78 Å². The Hall–Kier alpha value is -1.45. The summed E-state index contributed by atoms with van der Waals surface area (Å²) in [5.41, 5.74) is 0.501. The molecule has 0 fully saturated rings. The summed E-state index contributed by atoms with van der Waals surface area (Å²) in [5.74, 6) is 1.43. The van der Waals surface area contributed by atoms with Crippen molar-refractivity contribution in [1.29, 1.82) is 0 Å². The van der Waals surface area contributed by atoms with Crippen LogP contribution in [0.15, 0.2) is 6.07 Å². The Bertz CT molecular complexity index is 372. The van der Waals surface area contributed by atoms with Crippen LogP contribution in [-0.4, -0.2) is 29.8 Å². The van der Waals surface area contributed by atoms with Crippen molar-refractivity contribution >= 4 is 11.6 Å². The van der Waals surface area contributed by atoms with E-state index in [-0.39, 0.29) is 11.7 Å². The molecule has 1 aromatic rings. The van der Waals surface area contributed by atoms with Crippen molar-refractivity contribution in [1.82, 2.24) is 9.97 Å². The minimum atomic E-state index is -0.0330. The number of Topliss-reactive ketones (excluding diaryl/α,β-unsaturated/α-hetero) is 1. The summed E-state index contributed by atoms with van der Waals surface area (Å²) in [5, 5.41) is 0. The number of hydrogen-bond acceptors (Lipinski definition) is 4. The second kappa shape index (κ2) is 4.38. The molecule has 0 aromatic carbocycles. The van der Waals surface area contributed by atoms with Crippen LogP contribution in [0, 0.1) is 12.8 Å². The van der Waals surface area contributed by atoms with E-state index in [9.17, 15) is 4.79 Å². The second-order valence-corrected chi connectivity index (χ2v) is 4.07. The molecule has 0 aliphatic rings. The van der Waals surface area contributed by atoms with Gasteiger partial charge in [0.2, 0.25) is 0 Å². The fraction of sp³-hybridized carbons (Fsp3) is 0.545. The van der Waals surface area contributed by atoms with Crippen LogP contribution >= 0.6 is 0 Å². The van der Waals surface area contributed by atoms with E-state index in [1.165, 1.54) is 0 Å². The summed E-state index contributed by atoms with van der Waals surface area (Å²) in [4.78, 5) is 22.0. The Kier molecular flexibility index (Phi) is 3.39. The molecule has 82 valence electrons.